The Morgan fingerprint density at radius 2 is 1.59 bits per heavy atom. The molecule has 0 aromatic rings. The zero-order valence-electron chi connectivity index (χ0n) is 12.2. The van der Waals surface area contributed by atoms with Crippen molar-refractivity contribution in [3.05, 3.63) is 11.4 Å². The molecule has 0 aliphatic carbocycles. The molecule has 1 unspecified atom stereocenters. The lowest BCUT2D eigenvalue weighted by atomic mass is 9.87. The van der Waals surface area contributed by atoms with Crippen LogP contribution in [-0.4, -0.2) is 35.0 Å². The Balaban J connectivity index is 2.38. The second-order valence-electron chi connectivity index (χ2n) is 6.22. The monoisotopic (exact) mass is 236 g/mol. The van der Waals surface area contributed by atoms with Gasteiger partial charge in [0.05, 0.1) is 0 Å². The predicted octanol–water partition coefficient (Wildman–Crippen LogP) is 3.45. The third kappa shape index (κ3) is 2.31. The van der Waals surface area contributed by atoms with Gasteiger partial charge in [0.25, 0.3) is 0 Å². The quantitative estimate of drug-likeness (QED) is 0.724. The van der Waals surface area contributed by atoms with Crippen molar-refractivity contribution in [2.45, 2.75) is 66.0 Å². The minimum Gasteiger partial charge on any atom is -0.356 e. The van der Waals surface area contributed by atoms with Gasteiger partial charge in [-0.25, -0.2) is 0 Å². The molecule has 0 saturated carbocycles. The van der Waals surface area contributed by atoms with Crippen LogP contribution in [0.1, 0.15) is 53.9 Å². The van der Waals surface area contributed by atoms with E-state index < -0.39 is 0 Å². The van der Waals surface area contributed by atoms with E-state index in [-0.39, 0.29) is 0 Å². The normalized spacial score (nSPS) is 25.9. The van der Waals surface area contributed by atoms with Gasteiger partial charge in [-0.3, -0.25) is 0 Å². The Labute approximate surface area is 107 Å². The van der Waals surface area contributed by atoms with Crippen molar-refractivity contribution < 1.29 is 0 Å². The minimum atomic E-state index is 0.631. The first kappa shape index (κ1) is 12.8. The van der Waals surface area contributed by atoms with Crippen LogP contribution < -0.4 is 0 Å². The molecule has 0 spiro atoms. The van der Waals surface area contributed by atoms with E-state index in [4.69, 9.17) is 0 Å². The maximum atomic E-state index is 2.63. The molecular formula is C15H28N2. The minimum absolute atomic E-state index is 0.631. The van der Waals surface area contributed by atoms with Crippen LogP contribution in [0, 0.1) is 5.92 Å². The van der Waals surface area contributed by atoms with Crippen molar-refractivity contribution in [2.75, 3.05) is 13.1 Å². The number of allylic oxidation sites excluding steroid dienone is 1. The molecule has 2 heterocycles. The zero-order chi connectivity index (χ0) is 12.6. The Morgan fingerprint density at radius 3 is 2.18 bits per heavy atom. The Bertz CT molecular complexity index is 292. The summed E-state index contributed by atoms with van der Waals surface area (Å²) in [6, 6.07) is 1.26. The summed E-state index contributed by atoms with van der Waals surface area (Å²) in [6.07, 6.45) is 4.00. The van der Waals surface area contributed by atoms with Crippen molar-refractivity contribution in [3.63, 3.8) is 0 Å². The van der Waals surface area contributed by atoms with Gasteiger partial charge in [0.15, 0.2) is 0 Å². The van der Waals surface area contributed by atoms with E-state index in [1.165, 1.54) is 32.4 Å². The van der Waals surface area contributed by atoms with Crippen molar-refractivity contribution in [2.24, 2.45) is 5.92 Å². The molecule has 17 heavy (non-hydrogen) atoms. The maximum Gasteiger partial charge on any atom is 0.104 e. The fourth-order valence-corrected chi connectivity index (χ4v) is 3.28. The van der Waals surface area contributed by atoms with Crippen LogP contribution in [0.4, 0.5) is 0 Å². The molecule has 1 atom stereocenters. The largest absolute Gasteiger partial charge is 0.356 e. The summed E-state index contributed by atoms with van der Waals surface area (Å²) in [6.45, 7) is 14.2. The molecule has 98 valence electrons. The molecule has 2 aliphatic heterocycles. The molecule has 2 heteroatoms. The summed E-state index contributed by atoms with van der Waals surface area (Å²) in [5, 5.41) is 0. The molecule has 0 fully saturated rings. The van der Waals surface area contributed by atoms with Gasteiger partial charge in [-0.05, 0) is 58.4 Å². The first-order valence-electron chi connectivity index (χ1n) is 7.28. The second-order valence-corrected chi connectivity index (χ2v) is 6.22. The fraction of sp³-hybridized carbons (Fsp3) is 0.867. The molecule has 0 saturated heterocycles. The van der Waals surface area contributed by atoms with Gasteiger partial charge in [-0.15, -0.1) is 0 Å². The number of hydrogen-bond donors (Lipinski definition) is 0. The van der Waals surface area contributed by atoms with Crippen LogP contribution in [0.2, 0.25) is 0 Å². The third-order valence-corrected chi connectivity index (χ3v) is 4.32. The van der Waals surface area contributed by atoms with Crippen molar-refractivity contribution in [1.29, 1.82) is 0 Å². The van der Waals surface area contributed by atoms with E-state index >= 15 is 0 Å². The molecular weight excluding hydrogens is 208 g/mol. The van der Waals surface area contributed by atoms with Crippen molar-refractivity contribution in [3.8, 4) is 0 Å². The summed E-state index contributed by atoms with van der Waals surface area (Å²) in [5.41, 5.74) is 1.73. The zero-order valence-corrected chi connectivity index (χ0v) is 12.2. The van der Waals surface area contributed by atoms with Crippen LogP contribution in [-0.2, 0) is 0 Å². The molecule has 0 aromatic heterocycles. The summed E-state index contributed by atoms with van der Waals surface area (Å²) in [4.78, 5) is 5.27. The SMILES string of the molecule is CC1CCN(C(C)C)C2=C1CCCN2C(C)C. The average molecular weight is 236 g/mol. The summed E-state index contributed by atoms with van der Waals surface area (Å²) >= 11 is 0. The van der Waals surface area contributed by atoms with Gasteiger partial charge < -0.3 is 9.80 Å². The Morgan fingerprint density at radius 1 is 1.00 bits per heavy atom. The van der Waals surface area contributed by atoms with Gasteiger partial charge in [-0.1, -0.05) is 6.92 Å². The van der Waals surface area contributed by atoms with E-state index in [9.17, 15) is 0 Å². The van der Waals surface area contributed by atoms with Crippen LogP contribution in [0.15, 0.2) is 11.4 Å². The number of rotatable bonds is 2. The van der Waals surface area contributed by atoms with Gasteiger partial charge in [0.2, 0.25) is 0 Å². The fourth-order valence-electron chi connectivity index (χ4n) is 3.28. The van der Waals surface area contributed by atoms with Gasteiger partial charge in [0, 0.05) is 25.2 Å². The van der Waals surface area contributed by atoms with E-state index in [2.05, 4.69) is 44.4 Å². The van der Waals surface area contributed by atoms with Crippen molar-refractivity contribution >= 4 is 0 Å². The van der Waals surface area contributed by atoms with Crippen molar-refractivity contribution in [1.82, 2.24) is 9.80 Å². The van der Waals surface area contributed by atoms with Gasteiger partial charge >= 0.3 is 0 Å². The molecule has 0 aromatic carbocycles. The summed E-state index contributed by atoms with van der Waals surface area (Å²) in [7, 11) is 0. The summed E-state index contributed by atoms with van der Waals surface area (Å²) < 4.78 is 0. The topological polar surface area (TPSA) is 6.48 Å². The van der Waals surface area contributed by atoms with E-state index in [0.717, 1.165) is 5.92 Å². The van der Waals surface area contributed by atoms with Gasteiger partial charge in [0.1, 0.15) is 5.82 Å². The second kappa shape index (κ2) is 4.91. The Kier molecular flexibility index (Phi) is 3.70. The van der Waals surface area contributed by atoms with Crippen LogP contribution in [0.25, 0.3) is 0 Å². The number of hydrogen-bond acceptors (Lipinski definition) is 2. The lowest BCUT2D eigenvalue weighted by Gasteiger charge is -2.48. The molecule has 2 nitrogen and oxygen atoms in total. The average Bonchev–Trinajstić information content (AvgIpc) is 2.28. The van der Waals surface area contributed by atoms with E-state index in [1.807, 2.05) is 0 Å². The van der Waals surface area contributed by atoms with Gasteiger partial charge in [-0.2, -0.15) is 0 Å². The third-order valence-electron chi connectivity index (χ3n) is 4.32. The molecule has 2 aliphatic rings. The van der Waals surface area contributed by atoms with E-state index in [1.54, 1.807) is 11.4 Å². The standard InChI is InChI=1S/C15H28N2/c1-11(2)16-9-6-7-14-13(5)8-10-17(12(3)4)15(14)16/h11-13H,6-10H2,1-5H3. The highest BCUT2D eigenvalue weighted by atomic mass is 15.4. The maximum absolute atomic E-state index is 2.63. The number of nitrogens with zero attached hydrogens (tertiary/aromatic N) is 2. The van der Waals surface area contributed by atoms with Crippen LogP contribution in [0.5, 0.6) is 0 Å². The van der Waals surface area contributed by atoms with Crippen LogP contribution >= 0.6 is 0 Å². The Hall–Kier alpha value is -0.660. The lowest BCUT2D eigenvalue weighted by Crippen LogP contribution is -2.48. The first-order chi connectivity index (χ1) is 8.02. The highest BCUT2D eigenvalue weighted by molar-refractivity contribution is 5.22. The molecule has 0 bridgehead atoms. The highest BCUT2D eigenvalue weighted by Crippen LogP contribution is 2.37. The lowest BCUT2D eigenvalue weighted by molar-refractivity contribution is 0.114. The van der Waals surface area contributed by atoms with Crippen LogP contribution in [0.3, 0.4) is 0 Å². The molecule has 0 amide bonds. The first-order valence-corrected chi connectivity index (χ1v) is 7.28. The predicted molar refractivity (Wildman–Crippen MR) is 73.7 cm³/mol. The molecule has 0 radical (unpaired) electrons. The highest BCUT2D eigenvalue weighted by Gasteiger charge is 2.33. The molecule has 0 N–H and O–H groups in total. The smallest absolute Gasteiger partial charge is 0.104 e. The van der Waals surface area contributed by atoms with E-state index in [0.29, 0.717) is 12.1 Å². The molecule has 2 rings (SSSR count). The summed E-state index contributed by atoms with van der Waals surface area (Å²) in [5.74, 6) is 2.38.